The first kappa shape index (κ1) is 16.9. The number of imidazole rings is 1. The number of phenols is 1. The zero-order chi connectivity index (χ0) is 18.6. The second-order valence-corrected chi connectivity index (χ2v) is 7.67. The summed E-state index contributed by atoms with van der Waals surface area (Å²) in [6.45, 7) is 8.85. The van der Waals surface area contributed by atoms with Crippen molar-refractivity contribution in [3.05, 3.63) is 40.0 Å². The predicted molar refractivity (Wildman–Crippen MR) is 97.4 cm³/mol. The molecule has 4 rings (SSSR count). The van der Waals surface area contributed by atoms with Gasteiger partial charge in [-0.1, -0.05) is 0 Å². The molecule has 0 bridgehead atoms. The van der Waals surface area contributed by atoms with E-state index in [0.29, 0.717) is 25.3 Å². The molecule has 1 aromatic heterocycles. The molecule has 1 unspecified atom stereocenters. The van der Waals surface area contributed by atoms with Crippen LogP contribution in [-0.4, -0.2) is 38.0 Å². The Morgan fingerprint density at radius 3 is 2.81 bits per heavy atom. The number of fused-ring (bicyclic) bond motifs is 2. The molecular formula is C20H25N3O3. The number of hydrogen-bond donors (Lipinski definition) is 2. The summed E-state index contributed by atoms with van der Waals surface area (Å²) in [5.74, 6) is 1.12. The van der Waals surface area contributed by atoms with Crippen molar-refractivity contribution in [3.63, 3.8) is 0 Å². The van der Waals surface area contributed by atoms with E-state index >= 15 is 0 Å². The highest BCUT2D eigenvalue weighted by molar-refractivity contribution is 5.86. The number of benzene rings is 1. The van der Waals surface area contributed by atoms with Crippen molar-refractivity contribution in [1.29, 1.82) is 0 Å². The quantitative estimate of drug-likeness (QED) is 0.824. The van der Waals surface area contributed by atoms with Crippen LogP contribution in [0.3, 0.4) is 0 Å². The lowest BCUT2D eigenvalue weighted by Crippen LogP contribution is -2.53. The largest absolute Gasteiger partial charge is 0.507 e. The number of phenolic OH excluding ortho intramolecular Hbond substituents is 1. The number of aromatic nitrogens is 2. The minimum absolute atomic E-state index is 0.0196. The molecule has 0 saturated carbocycles. The highest BCUT2D eigenvalue weighted by Crippen LogP contribution is 2.43. The van der Waals surface area contributed by atoms with E-state index in [9.17, 15) is 9.90 Å². The van der Waals surface area contributed by atoms with Gasteiger partial charge >= 0.3 is 0 Å². The number of hydrogen-bond acceptors (Lipinski definition) is 4. The molecule has 2 N–H and O–H groups in total. The van der Waals surface area contributed by atoms with Gasteiger partial charge in [0.15, 0.2) is 5.60 Å². The fraction of sp³-hybridized carbons (Fsp3) is 0.500. The molecule has 0 saturated heterocycles. The fourth-order valence-electron chi connectivity index (χ4n) is 4.12. The molecule has 0 radical (unpaired) electrons. The van der Waals surface area contributed by atoms with Gasteiger partial charge in [-0.2, -0.15) is 0 Å². The maximum Gasteiger partial charge on any atom is 0.266 e. The van der Waals surface area contributed by atoms with Gasteiger partial charge in [-0.15, -0.1) is 0 Å². The Balaban J connectivity index is 1.64. The SMILES string of the molecule is Cc1c(C)c2c(c(C)c1O)CCC(C)(C(=O)N1CCc3nc[nH]c3C1)O2. The van der Waals surface area contributed by atoms with Crippen LogP contribution in [0.1, 0.15) is 47.0 Å². The summed E-state index contributed by atoms with van der Waals surface area (Å²) in [4.78, 5) is 22.6. The summed E-state index contributed by atoms with van der Waals surface area (Å²) >= 11 is 0. The molecule has 1 aromatic carbocycles. The molecule has 0 spiro atoms. The Hall–Kier alpha value is -2.50. The molecule has 6 heteroatoms. The van der Waals surface area contributed by atoms with E-state index in [1.54, 1.807) is 6.33 Å². The Kier molecular flexibility index (Phi) is 3.75. The molecule has 3 heterocycles. The average molecular weight is 355 g/mol. The lowest BCUT2D eigenvalue weighted by molar-refractivity contribution is -0.149. The summed E-state index contributed by atoms with van der Waals surface area (Å²) < 4.78 is 6.32. The fourth-order valence-corrected chi connectivity index (χ4v) is 4.12. The van der Waals surface area contributed by atoms with Crippen LogP contribution in [0, 0.1) is 20.8 Å². The van der Waals surface area contributed by atoms with E-state index in [2.05, 4.69) is 9.97 Å². The topological polar surface area (TPSA) is 78.5 Å². The third-order valence-electron chi connectivity index (χ3n) is 6.03. The van der Waals surface area contributed by atoms with Crippen molar-refractivity contribution in [2.75, 3.05) is 6.54 Å². The predicted octanol–water partition coefficient (Wildman–Crippen LogP) is 2.71. The van der Waals surface area contributed by atoms with Crippen LogP contribution < -0.4 is 4.74 Å². The zero-order valence-electron chi connectivity index (χ0n) is 15.8. The molecule has 2 aromatic rings. The van der Waals surface area contributed by atoms with Gasteiger partial charge < -0.3 is 19.7 Å². The Bertz CT molecular complexity index is 902. The van der Waals surface area contributed by atoms with Crippen LogP contribution in [0.4, 0.5) is 0 Å². The van der Waals surface area contributed by atoms with Gasteiger partial charge in [0.1, 0.15) is 11.5 Å². The molecular weight excluding hydrogens is 330 g/mol. The number of ether oxygens (including phenoxy) is 1. The van der Waals surface area contributed by atoms with Crippen molar-refractivity contribution < 1.29 is 14.6 Å². The van der Waals surface area contributed by atoms with Gasteiger partial charge in [0.05, 0.1) is 24.3 Å². The summed E-state index contributed by atoms with van der Waals surface area (Å²) in [5, 5.41) is 10.3. The molecule has 0 fully saturated rings. The first-order valence-electron chi connectivity index (χ1n) is 9.13. The van der Waals surface area contributed by atoms with E-state index < -0.39 is 5.60 Å². The number of nitrogens with zero attached hydrogens (tertiary/aromatic N) is 2. The average Bonchev–Trinajstić information content (AvgIpc) is 3.11. The molecule has 1 amide bonds. The first-order chi connectivity index (χ1) is 12.3. The second kappa shape index (κ2) is 5.76. The molecule has 0 aliphatic carbocycles. The molecule has 6 nitrogen and oxygen atoms in total. The third kappa shape index (κ3) is 2.39. The monoisotopic (exact) mass is 355 g/mol. The normalized spacial score (nSPS) is 21.8. The maximum atomic E-state index is 13.3. The number of carbonyl (C=O) groups excluding carboxylic acids is 1. The van der Waals surface area contributed by atoms with E-state index in [0.717, 1.165) is 52.2 Å². The highest BCUT2D eigenvalue weighted by Gasteiger charge is 2.43. The first-order valence-corrected chi connectivity index (χ1v) is 9.13. The maximum absolute atomic E-state index is 13.3. The van der Waals surface area contributed by atoms with Gasteiger partial charge in [-0.25, -0.2) is 4.98 Å². The minimum Gasteiger partial charge on any atom is -0.507 e. The Morgan fingerprint density at radius 1 is 1.27 bits per heavy atom. The van der Waals surface area contributed by atoms with Crippen molar-refractivity contribution in [1.82, 2.24) is 14.9 Å². The molecule has 1 atom stereocenters. The van der Waals surface area contributed by atoms with Crippen LogP contribution in [0.15, 0.2) is 6.33 Å². The third-order valence-corrected chi connectivity index (χ3v) is 6.03. The smallest absolute Gasteiger partial charge is 0.266 e. The van der Waals surface area contributed by atoms with E-state index in [-0.39, 0.29) is 5.91 Å². The minimum atomic E-state index is -0.884. The van der Waals surface area contributed by atoms with E-state index in [4.69, 9.17) is 4.74 Å². The molecule has 26 heavy (non-hydrogen) atoms. The Labute approximate surface area is 153 Å². The summed E-state index contributed by atoms with van der Waals surface area (Å²) in [7, 11) is 0. The van der Waals surface area contributed by atoms with Gasteiger partial charge in [-0.05, 0) is 50.8 Å². The van der Waals surface area contributed by atoms with Gasteiger partial charge in [-0.3, -0.25) is 4.79 Å². The molecule has 2 aliphatic rings. The number of amides is 1. The van der Waals surface area contributed by atoms with Crippen molar-refractivity contribution in [2.24, 2.45) is 0 Å². The van der Waals surface area contributed by atoms with Crippen LogP contribution >= 0.6 is 0 Å². The van der Waals surface area contributed by atoms with Crippen molar-refractivity contribution >= 4 is 5.91 Å². The summed E-state index contributed by atoms with van der Waals surface area (Å²) in [6.07, 6.45) is 3.78. The highest BCUT2D eigenvalue weighted by atomic mass is 16.5. The van der Waals surface area contributed by atoms with Crippen LogP contribution in [0.2, 0.25) is 0 Å². The van der Waals surface area contributed by atoms with Crippen molar-refractivity contribution in [3.8, 4) is 11.5 Å². The number of aromatic amines is 1. The van der Waals surface area contributed by atoms with Crippen LogP contribution in [0.25, 0.3) is 0 Å². The number of aromatic hydroxyl groups is 1. The van der Waals surface area contributed by atoms with Gasteiger partial charge in [0, 0.05) is 24.9 Å². The van der Waals surface area contributed by atoms with Crippen LogP contribution in [0.5, 0.6) is 11.5 Å². The Morgan fingerprint density at radius 2 is 2.04 bits per heavy atom. The van der Waals surface area contributed by atoms with Crippen LogP contribution in [-0.2, 0) is 24.2 Å². The second-order valence-electron chi connectivity index (χ2n) is 7.67. The number of rotatable bonds is 1. The van der Waals surface area contributed by atoms with Crippen molar-refractivity contribution in [2.45, 2.75) is 59.1 Å². The summed E-state index contributed by atoms with van der Waals surface area (Å²) in [6, 6.07) is 0. The number of nitrogens with one attached hydrogen (secondary N) is 1. The van der Waals surface area contributed by atoms with E-state index in [1.807, 2.05) is 32.6 Å². The van der Waals surface area contributed by atoms with E-state index in [1.165, 1.54) is 0 Å². The lowest BCUT2D eigenvalue weighted by atomic mass is 9.86. The lowest BCUT2D eigenvalue weighted by Gasteiger charge is -2.40. The number of carbonyl (C=O) groups is 1. The zero-order valence-corrected chi connectivity index (χ0v) is 15.8. The molecule has 138 valence electrons. The van der Waals surface area contributed by atoms with Gasteiger partial charge in [0.2, 0.25) is 0 Å². The summed E-state index contributed by atoms with van der Waals surface area (Å²) in [5.41, 5.74) is 4.78. The molecule has 2 aliphatic heterocycles. The standard InChI is InChI=1S/C20H25N3O3/c1-11-12(2)18-14(13(3)17(11)24)5-7-20(4,26-18)19(25)23-8-6-15-16(9-23)22-10-21-15/h10,24H,5-9H2,1-4H3,(H,21,22). The van der Waals surface area contributed by atoms with Gasteiger partial charge in [0.25, 0.3) is 5.91 Å². The number of H-pyrrole nitrogens is 1.